The molecule has 1 heterocycles. The van der Waals surface area contributed by atoms with Crippen LogP contribution in [0.1, 0.15) is 39.2 Å². The van der Waals surface area contributed by atoms with Gasteiger partial charge in [-0.05, 0) is 31.9 Å². The maximum Gasteiger partial charge on any atom is 0.0383 e. The molecule has 0 fully saturated rings. The van der Waals surface area contributed by atoms with Crippen LogP contribution >= 0.6 is 0 Å². The van der Waals surface area contributed by atoms with Crippen molar-refractivity contribution in [3.8, 4) is 0 Å². The molecule has 0 aliphatic rings. The zero-order chi connectivity index (χ0) is 9.90. The van der Waals surface area contributed by atoms with Gasteiger partial charge in [-0.15, -0.1) is 0 Å². The number of hydrogen-bond acceptors (Lipinski definition) is 0. The largest absolute Gasteiger partial charge is 0.348 e. The predicted molar refractivity (Wildman–Crippen MR) is 58.8 cm³/mol. The Balaban J connectivity index is 2.86. The average molecular weight is 177 g/mol. The van der Waals surface area contributed by atoms with Crippen LogP contribution in [0.2, 0.25) is 0 Å². The number of nitrogens with zero attached hydrogens (tertiary/aromatic N) is 1. The molecule has 1 aromatic rings. The van der Waals surface area contributed by atoms with Crippen LogP contribution in [-0.4, -0.2) is 4.57 Å². The molecule has 1 aromatic heterocycles. The number of rotatable bonds is 4. The molecule has 1 heteroatoms. The normalized spacial score (nSPS) is 11.6. The van der Waals surface area contributed by atoms with E-state index in [-0.39, 0.29) is 5.54 Å². The van der Waals surface area contributed by atoms with Crippen molar-refractivity contribution in [1.82, 2.24) is 4.57 Å². The van der Waals surface area contributed by atoms with Gasteiger partial charge in [0.15, 0.2) is 0 Å². The Morgan fingerprint density at radius 3 is 2.69 bits per heavy atom. The van der Waals surface area contributed by atoms with E-state index in [0.29, 0.717) is 0 Å². The summed E-state index contributed by atoms with van der Waals surface area (Å²) in [7, 11) is 0. The summed E-state index contributed by atoms with van der Waals surface area (Å²) in [5, 5.41) is 0. The first-order valence-electron chi connectivity index (χ1n) is 4.91. The van der Waals surface area contributed by atoms with E-state index < -0.39 is 0 Å². The molecule has 0 atom stereocenters. The summed E-state index contributed by atoms with van der Waals surface area (Å²) in [5.74, 6) is 0. The maximum atomic E-state index is 3.76. The summed E-state index contributed by atoms with van der Waals surface area (Å²) in [4.78, 5) is 0. The van der Waals surface area contributed by atoms with Crippen LogP contribution in [-0.2, 0) is 5.54 Å². The molecule has 0 spiro atoms. The molecule has 0 aliphatic carbocycles. The van der Waals surface area contributed by atoms with Crippen molar-refractivity contribution >= 4 is 6.08 Å². The van der Waals surface area contributed by atoms with E-state index >= 15 is 0 Å². The number of hydrogen-bond donors (Lipinski definition) is 0. The van der Waals surface area contributed by atoms with E-state index in [0.717, 1.165) is 0 Å². The van der Waals surface area contributed by atoms with E-state index in [4.69, 9.17) is 0 Å². The maximum absolute atomic E-state index is 3.76. The van der Waals surface area contributed by atoms with Crippen LogP contribution in [0.3, 0.4) is 0 Å². The molecule has 0 saturated carbocycles. The third-order valence-electron chi connectivity index (χ3n) is 2.51. The molecule has 13 heavy (non-hydrogen) atoms. The van der Waals surface area contributed by atoms with Crippen molar-refractivity contribution < 1.29 is 0 Å². The summed E-state index contributed by atoms with van der Waals surface area (Å²) in [6.45, 7) is 10.5. The Hall–Kier alpha value is -0.980. The molecular weight excluding hydrogens is 158 g/mol. The summed E-state index contributed by atoms with van der Waals surface area (Å²) in [6.07, 6.45) is 8.60. The van der Waals surface area contributed by atoms with E-state index in [1.165, 1.54) is 18.4 Å². The molecule has 1 rings (SSSR count). The second kappa shape index (κ2) is 3.82. The van der Waals surface area contributed by atoms with Crippen LogP contribution in [0.4, 0.5) is 0 Å². The number of aromatic nitrogens is 1. The zero-order valence-electron chi connectivity index (χ0n) is 8.88. The Kier molecular flexibility index (Phi) is 2.97. The summed E-state index contributed by atoms with van der Waals surface area (Å²) >= 11 is 0. The Labute approximate surface area is 81.1 Å². The van der Waals surface area contributed by atoms with Gasteiger partial charge in [-0.25, -0.2) is 0 Å². The Bertz CT molecular complexity index is 281. The topological polar surface area (TPSA) is 4.93 Å². The highest BCUT2D eigenvalue weighted by Crippen LogP contribution is 2.22. The van der Waals surface area contributed by atoms with Gasteiger partial charge in [0.05, 0.1) is 0 Å². The van der Waals surface area contributed by atoms with Gasteiger partial charge in [-0.3, -0.25) is 0 Å². The quantitative estimate of drug-likeness (QED) is 0.661. The highest BCUT2D eigenvalue weighted by molar-refractivity contribution is 5.45. The van der Waals surface area contributed by atoms with E-state index in [1.54, 1.807) is 0 Å². The lowest BCUT2D eigenvalue weighted by Crippen LogP contribution is -2.24. The monoisotopic (exact) mass is 177 g/mol. The molecular formula is C12H19N. The fourth-order valence-corrected chi connectivity index (χ4v) is 1.65. The van der Waals surface area contributed by atoms with Gasteiger partial charge >= 0.3 is 0 Å². The molecule has 0 aliphatic heterocycles. The molecule has 0 saturated heterocycles. The Morgan fingerprint density at radius 2 is 2.23 bits per heavy atom. The summed E-state index contributed by atoms with van der Waals surface area (Å²) < 4.78 is 2.27. The van der Waals surface area contributed by atoms with Crippen molar-refractivity contribution in [2.45, 2.75) is 39.2 Å². The van der Waals surface area contributed by atoms with Crippen molar-refractivity contribution in [2.75, 3.05) is 0 Å². The van der Waals surface area contributed by atoms with Gasteiger partial charge in [0, 0.05) is 17.9 Å². The molecule has 0 N–H and O–H groups in total. The first kappa shape index (κ1) is 10.1. The fraction of sp³-hybridized carbons (Fsp3) is 0.500. The van der Waals surface area contributed by atoms with Crippen LogP contribution in [0, 0.1) is 0 Å². The van der Waals surface area contributed by atoms with Crippen LogP contribution < -0.4 is 0 Å². The van der Waals surface area contributed by atoms with Crippen molar-refractivity contribution in [2.24, 2.45) is 0 Å². The molecule has 1 nitrogen and oxygen atoms in total. The molecule has 0 radical (unpaired) electrons. The minimum absolute atomic E-state index is 0.232. The average Bonchev–Trinajstić information content (AvgIpc) is 2.52. The first-order chi connectivity index (χ1) is 6.10. The van der Waals surface area contributed by atoms with E-state index in [9.17, 15) is 0 Å². The van der Waals surface area contributed by atoms with Gasteiger partial charge in [-0.2, -0.15) is 0 Å². The van der Waals surface area contributed by atoms with Gasteiger partial charge in [0.1, 0.15) is 0 Å². The van der Waals surface area contributed by atoms with Crippen molar-refractivity contribution in [3.05, 3.63) is 30.6 Å². The highest BCUT2D eigenvalue weighted by atomic mass is 15.0. The van der Waals surface area contributed by atoms with Gasteiger partial charge in [-0.1, -0.05) is 26.0 Å². The minimum atomic E-state index is 0.232. The SMILES string of the molecule is C=Cc1ccn(C(C)(C)CCC)c1. The van der Waals surface area contributed by atoms with E-state index in [2.05, 4.69) is 50.4 Å². The molecule has 72 valence electrons. The minimum Gasteiger partial charge on any atom is -0.348 e. The third-order valence-corrected chi connectivity index (χ3v) is 2.51. The first-order valence-corrected chi connectivity index (χ1v) is 4.91. The molecule has 0 aromatic carbocycles. The lowest BCUT2D eigenvalue weighted by molar-refractivity contribution is 0.325. The third kappa shape index (κ3) is 2.24. The summed E-state index contributed by atoms with van der Waals surface area (Å²) in [5.41, 5.74) is 1.43. The standard InChI is InChI=1S/C12H19N/c1-5-8-12(3,4)13-9-7-11(6-2)10-13/h6-7,9-10H,2,5,8H2,1,3-4H3. The van der Waals surface area contributed by atoms with Crippen LogP contribution in [0.25, 0.3) is 6.08 Å². The zero-order valence-corrected chi connectivity index (χ0v) is 8.88. The van der Waals surface area contributed by atoms with Crippen molar-refractivity contribution in [1.29, 1.82) is 0 Å². The second-order valence-corrected chi connectivity index (χ2v) is 4.12. The highest BCUT2D eigenvalue weighted by Gasteiger charge is 2.17. The van der Waals surface area contributed by atoms with Gasteiger partial charge < -0.3 is 4.57 Å². The fourth-order valence-electron chi connectivity index (χ4n) is 1.65. The van der Waals surface area contributed by atoms with Crippen molar-refractivity contribution in [3.63, 3.8) is 0 Å². The van der Waals surface area contributed by atoms with Gasteiger partial charge in [0.25, 0.3) is 0 Å². The van der Waals surface area contributed by atoms with Crippen LogP contribution in [0.5, 0.6) is 0 Å². The Morgan fingerprint density at radius 1 is 1.54 bits per heavy atom. The molecule has 0 amide bonds. The lowest BCUT2D eigenvalue weighted by atomic mass is 9.99. The predicted octanol–water partition coefficient (Wildman–Crippen LogP) is 3.67. The molecule has 0 bridgehead atoms. The second-order valence-electron chi connectivity index (χ2n) is 4.12. The smallest absolute Gasteiger partial charge is 0.0383 e. The van der Waals surface area contributed by atoms with Gasteiger partial charge in [0.2, 0.25) is 0 Å². The van der Waals surface area contributed by atoms with Crippen LogP contribution in [0.15, 0.2) is 25.0 Å². The molecule has 0 unspecified atom stereocenters. The summed E-state index contributed by atoms with van der Waals surface area (Å²) in [6, 6.07) is 2.10. The van der Waals surface area contributed by atoms with E-state index in [1.807, 2.05) is 6.08 Å². The lowest BCUT2D eigenvalue weighted by Gasteiger charge is -2.26.